The molecule has 4 heteroatoms. The standard InChI is InChI=1S/C14H21ClN2O/c1-11-10-12(15)2-3-13(11)14(4-9-18)17-7-5-16-6-8-17/h2-3,10,14,16,18H,4-9H2,1H3/t14-/m0/s1. The van der Waals surface area contributed by atoms with Crippen molar-refractivity contribution in [2.75, 3.05) is 32.8 Å². The fourth-order valence-electron chi connectivity index (χ4n) is 2.66. The maximum absolute atomic E-state index is 9.31. The Morgan fingerprint density at radius 1 is 1.39 bits per heavy atom. The van der Waals surface area contributed by atoms with Crippen molar-refractivity contribution < 1.29 is 5.11 Å². The zero-order valence-electron chi connectivity index (χ0n) is 10.8. The number of nitrogens with one attached hydrogen (secondary N) is 1. The highest BCUT2D eigenvalue weighted by atomic mass is 35.5. The van der Waals surface area contributed by atoms with E-state index in [1.165, 1.54) is 11.1 Å². The Kier molecular flexibility index (Phi) is 5.01. The SMILES string of the molecule is Cc1cc(Cl)ccc1[C@H](CCO)N1CCNCC1. The van der Waals surface area contributed by atoms with Gasteiger partial charge in [-0.3, -0.25) is 4.90 Å². The predicted molar refractivity (Wildman–Crippen MR) is 75.1 cm³/mol. The summed E-state index contributed by atoms with van der Waals surface area (Å²) in [5, 5.41) is 13.4. The topological polar surface area (TPSA) is 35.5 Å². The molecule has 0 saturated carbocycles. The minimum absolute atomic E-state index is 0.219. The second kappa shape index (κ2) is 6.53. The second-order valence-electron chi connectivity index (χ2n) is 4.81. The lowest BCUT2D eigenvalue weighted by molar-refractivity contribution is 0.140. The molecule has 1 atom stereocenters. The highest BCUT2D eigenvalue weighted by Gasteiger charge is 2.22. The summed E-state index contributed by atoms with van der Waals surface area (Å²) >= 11 is 6.01. The van der Waals surface area contributed by atoms with Gasteiger partial charge in [-0.2, -0.15) is 0 Å². The van der Waals surface area contributed by atoms with Crippen LogP contribution in [-0.2, 0) is 0 Å². The number of aliphatic hydroxyl groups is 1. The third-order valence-electron chi connectivity index (χ3n) is 3.59. The summed E-state index contributed by atoms with van der Waals surface area (Å²) in [6, 6.07) is 6.34. The van der Waals surface area contributed by atoms with Crippen LogP contribution in [0, 0.1) is 6.92 Å². The Morgan fingerprint density at radius 2 is 2.11 bits per heavy atom. The van der Waals surface area contributed by atoms with Gasteiger partial charge in [-0.25, -0.2) is 0 Å². The number of halogens is 1. The number of rotatable bonds is 4. The molecule has 1 aromatic carbocycles. The Labute approximate surface area is 114 Å². The lowest BCUT2D eigenvalue weighted by Gasteiger charge is -2.35. The summed E-state index contributed by atoms with van der Waals surface area (Å²) in [5.41, 5.74) is 2.50. The van der Waals surface area contributed by atoms with Gasteiger partial charge in [-0.05, 0) is 36.6 Å². The number of aryl methyl sites for hydroxylation is 1. The van der Waals surface area contributed by atoms with E-state index in [1.54, 1.807) is 0 Å². The number of nitrogens with zero attached hydrogens (tertiary/aromatic N) is 1. The predicted octanol–water partition coefficient (Wildman–Crippen LogP) is 1.98. The van der Waals surface area contributed by atoms with Crippen molar-refractivity contribution >= 4 is 11.6 Å². The van der Waals surface area contributed by atoms with Gasteiger partial charge < -0.3 is 10.4 Å². The van der Waals surface area contributed by atoms with Gasteiger partial charge >= 0.3 is 0 Å². The van der Waals surface area contributed by atoms with E-state index < -0.39 is 0 Å². The van der Waals surface area contributed by atoms with E-state index in [0.717, 1.165) is 37.6 Å². The second-order valence-corrected chi connectivity index (χ2v) is 5.25. The fourth-order valence-corrected chi connectivity index (χ4v) is 2.89. The molecule has 100 valence electrons. The van der Waals surface area contributed by atoms with E-state index >= 15 is 0 Å². The highest BCUT2D eigenvalue weighted by Crippen LogP contribution is 2.28. The molecule has 0 aliphatic carbocycles. The summed E-state index contributed by atoms with van der Waals surface area (Å²) in [4.78, 5) is 2.45. The van der Waals surface area contributed by atoms with Crippen LogP contribution in [0.2, 0.25) is 5.02 Å². The van der Waals surface area contributed by atoms with E-state index in [1.807, 2.05) is 12.1 Å². The lowest BCUT2D eigenvalue weighted by atomic mass is 9.97. The van der Waals surface area contributed by atoms with Crippen molar-refractivity contribution in [3.63, 3.8) is 0 Å². The Hall–Kier alpha value is -0.610. The molecule has 0 unspecified atom stereocenters. The van der Waals surface area contributed by atoms with Crippen molar-refractivity contribution in [2.45, 2.75) is 19.4 Å². The molecule has 18 heavy (non-hydrogen) atoms. The van der Waals surface area contributed by atoms with Crippen molar-refractivity contribution in [3.8, 4) is 0 Å². The first-order chi connectivity index (χ1) is 8.72. The molecule has 1 heterocycles. The lowest BCUT2D eigenvalue weighted by Crippen LogP contribution is -2.45. The first-order valence-corrected chi connectivity index (χ1v) is 6.92. The van der Waals surface area contributed by atoms with E-state index in [-0.39, 0.29) is 6.61 Å². The summed E-state index contributed by atoms with van der Waals surface area (Å²) in [6.45, 7) is 6.42. The molecule has 0 bridgehead atoms. The van der Waals surface area contributed by atoms with E-state index in [2.05, 4.69) is 23.2 Å². The van der Waals surface area contributed by atoms with Gasteiger partial charge in [-0.15, -0.1) is 0 Å². The molecule has 0 aromatic heterocycles. The largest absolute Gasteiger partial charge is 0.396 e. The molecular formula is C14H21ClN2O. The Balaban J connectivity index is 2.22. The average molecular weight is 269 g/mol. The summed E-state index contributed by atoms with van der Waals surface area (Å²) < 4.78 is 0. The molecule has 0 radical (unpaired) electrons. The van der Waals surface area contributed by atoms with Gasteiger partial charge in [0.1, 0.15) is 0 Å². The molecule has 2 N–H and O–H groups in total. The van der Waals surface area contributed by atoms with Gasteiger partial charge in [-0.1, -0.05) is 17.7 Å². The van der Waals surface area contributed by atoms with Crippen LogP contribution in [0.15, 0.2) is 18.2 Å². The Bertz CT molecular complexity index is 391. The number of aliphatic hydroxyl groups excluding tert-OH is 1. The summed E-state index contributed by atoms with van der Waals surface area (Å²) in [6.07, 6.45) is 0.780. The van der Waals surface area contributed by atoms with Crippen LogP contribution in [0.1, 0.15) is 23.6 Å². The molecule has 2 rings (SSSR count). The van der Waals surface area contributed by atoms with Crippen LogP contribution in [0.3, 0.4) is 0 Å². The number of hydrogen-bond donors (Lipinski definition) is 2. The molecule has 0 amide bonds. The molecule has 0 spiro atoms. The third-order valence-corrected chi connectivity index (χ3v) is 3.82. The van der Waals surface area contributed by atoms with Crippen LogP contribution in [0.4, 0.5) is 0 Å². The molecule has 1 aromatic rings. The molecule has 1 aliphatic heterocycles. The Morgan fingerprint density at radius 3 is 2.72 bits per heavy atom. The minimum Gasteiger partial charge on any atom is -0.396 e. The van der Waals surface area contributed by atoms with Crippen molar-refractivity contribution in [3.05, 3.63) is 34.3 Å². The van der Waals surface area contributed by atoms with E-state index in [0.29, 0.717) is 6.04 Å². The van der Waals surface area contributed by atoms with Crippen LogP contribution >= 0.6 is 11.6 Å². The maximum atomic E-state index is 9.31. The van der Waals surface area contributed by atoms with Crippen LogP contribution in [0.25, 0.3) is 0 Å². The summed E-state index contributed by atoms with van der Waals surface area (Å²) in [7, 11) is 0. The van der Waals surface area contributed by atoms with E-state index in [4.69, 9.17) is 11.6 Å². The van der Waals surface area contributed by atoms with Crippen molar-refractivity contribution in [2.24, 2.45) is 0 Å². The van der Waals surface area contributed by atoms with Gasteiger partial charge in [0.2, 0.25) is 0 Å². The van der Waals surface area contributed by atoms with Crippen molar-refractivity contribution in [1.29, 1.82) is 0 Å². The highest BCUT2D eigenvalue weighted by molar-refractivity contribution is 6.30. The zero-order chi connectivity index (χ0) is 13.0. The monoisotopic (exact) mass is 268 g/mol. The maximum Gasteiger partial charge on any atom is 0.0449 e. The molecule has 1 saturated heterocycles. The number of hydrogen-bond acceptors (Lipinski definition) is 3. The van der Waals surface area contributed by atoms with Gasteiger partial charge in [0.15, 0.2) is 0 Å². The fraction of sp³-hybridized carbons (Fsp3) is 0.571. The third kappa shape index (κ3) is 3.23. The van der Waals surface area contributed by atoms with Gasteiger partial charge in [0.05, 0.1) is 0 Å². The smallest absolute Gasteiger partial charge is 0.0449 e. The molecular weight excluding hydrogens is 248 g/mol. The number of piperazine rings is 1. The number of benzene rings is 1. The summed E-state index contributed by atoms with van der Waals surface area (Å²) in [5.74, 6) is 0. The van der Waals surface area contributed by atoms with E-state index in [9.17, 15) is 5.11 Å². The van der Waals surface area contributed by atoms with Crippen LogP contribution in [0.5, 0.6) is 0 Å². The first-order valence-electron chi connectivity index (χ1n) is 6.54. The average Bonchev–Trinajstić information content (AvgIpc) is 2.38. The van der Waals surface area contributed by atoms with Gasteiger partial charge in [0, 0.05) is 43.9 Å². The van der Waals surface area contributed by atoms with Crippen LogP contribution < -0.4 is 5.32 Å². The minimum atomic E-state index is 0.219. The molecule has 1 aliphatic rings. The molecule has 1 fully saturated rings. The van der Waals surface area contributed by atoms with Gasteiger partial charge in [0.25, 0.3) is 0 Å². The van der Waals surface area contributed by atoms with Crippen molar-refractivity contribution in [1.82, 2.24) is 10.2 Å². The van der Waals surface area contributed by atoms with Crippen LogP contribution in [-0.4, -0.2) is 42.8 Å². The molecule has 3 nitrogen and oxygen atoms in total. The quantitative estimate of drug-likeness (QED) is 0.877. The normalized spacial score (nSPS) is 18.8. The zero-order valence-corrected chi connectivity index (χ0v) is 11.6. The first kappa shape index (κ1) is 13.8.